The number of amides is 1. The molecule has 0 radical (unpaired) electrons. The quantitative estimate of drug-likeness (QED) is 0.718. The van der Waals surface area contributed by atoms with Crippen LogP contribution in [0.5, 0.6) is 5.75 Å². The van der Waals surface area contributed by atoms with Crippen LogP contribution >= 0.6 is 23.2 Å². The second-order valence-corrected chi connectivity index (χ2v) is 6.16. The molecule has 0 aliphatic rings. The van der Waals surface area contributed by atoms with Crippen LogP contribution in [0.4, 0.5) is 5.82 Å². The van der Waals surface area contributed by atoms with E-state index in [0.29, 0.717) is 21.6 Å². The number of para-hydroxylation sites is 1. The first kappa shape index (κ1) is 17.3. The summed E-state index contributed by atoms with van der Waals surface area (Å²) in [7, 11) is 1.75. The van der Waals surface area contributed by atoms with Gasteiger partial charge >= 0.3 is 0 Å². The summed E-state index contributed by atoms with van der Waals surface area (Å²) in [4.78, 5) is 12.1. The predicted molar refractivity (Wildman–Crippen MR) is 99.2 cm³/mol. The lowest BCUT2D eigenvalue weighted by atomic mass is 10.1. The first-order valence-electron chi connectivity index (χ1n) is 7.50. The van der Waals surface area contributed by atoms with Crippen molar-refractivity contribution in [3.63, 3.8) is 0 Å². The lowest BCUT2D eigenvalue weighted by molar-refractivity contribution is -0.118. The van der Waals surface area contributed by atoms with Crippen molar-refractivity contribution in [2.45, 2.75) is 0 Å². The maximum atomic E-state index is 12.1. The van der Waals surface area contributed by atoms with E-state index in [-0.39, 0.29) is 12.5 Å². The van der Waals surface area contributed by atoms with Crippen molar-refractivity contribution in [1.82, 2.24) is 9.78 Å². The van der Waals surface area contributed by atoms with Crippen molar-refractivity contribution in [1.29, 1.82) is 0 Å². The van der Waals surface area contributed by atoms with Gasteiger partial charge in [0.05, 0.1) is 10.7 Å². The van der Waals surface area contributed by atoms with Gasteiger partial charge in [0.2, 0.25) is 0 Å². The van der Waals surface area contributed by atoms with Gasteiger partial charge in [-0.25, -0.2) is 0 Å². The van der Waals surface area contributed by atoms with Crippen molar-refractivity contribution in [3.8, 4) is 17.0 Å². The molecule has 0 unspecified atom stereocenters. The number of aromatic nitrogens is 2. The molecule has 0 saturated carbocycles. The Morgan fingerprint density at radius 1 is 1.16 bits per heavy atom. The summed E-state index contributed by atoms with van der Waals surface area (Å²) in [5, 5.41) is 8.28. The molecule has 0 aliphatic carbocycles. The highest BCUT2D eigenvalue weighted by atomic mass is 35.5. The Morgan fingerprint density at radius 3 is 2.60 bits per heavy atom. The van der Waals surface area contributed by atoms with E-state index in [1.807, 2.05) is 12.1 Å². The number of hydrogen-bond acceptors (Lipinski definition) is 3. The number of nitrogens with one attached hydrogen (secondary N) is 1. The van der Waals surface area contributed by atoms with Crippen molar-refractivity contribution < 1.29 is 9.53 Å². The van der Waals surface area contributed by atoms with Crippen LogP contribution in [0.2, 0.25) is 10.0 Å². The highest BCUT2D eigenvalue weighted by Gasteiger charge is 2.11. The van der Waals surface area contributed by atoms with Crippen LogP contribution in [0.1, 0.15) is 0 Å². The van der Waals surface area contributed by atoms with Crippen LogP contribution in [-0.4, -0.2) is 22.3 Å². The Hall–Kier alpha value is -2.50. The number of anilines is 1. The number of benzene rings is 2. The largest absolute Gasteiger partial charge is 0.482 e. The minimum absolute atomic E-state index is 0.148. The van der Waals surface area contributed by atoms with E-state index < -0.39 is 0 Å². The molecular formula is C18H15Cl2N3O2. The molecule has 3 aromatic rings. The van der Waals surface area contributed by atoms with E-state index in [4.69, 9.17) is 27.9 Å². The maximum Gasteiger partial charge on any atom is 0.263 e. The third-order valence-electron chi connectivity index (χ3n) is 3.48. The third kappa shape index (κ3) is 4.32. The van der Waals surface area contributed by atoms with Gasteiger partial charge in [0.1, 0.15) is 11.6 Å². The van der Waals surface area contributed by atoms with Crippen LogP contribution in [0.3, 0.4) is 0 Å². The van der Waals surface area contributed by atoms with E-state index >= 15 is 0 Å². The molecule has 1 N–H and O–H groups in total. The fourth-order valence-electron chi connectivity index (χ4n) is 2.23. The van der Waals surface area contributed by atoms with Crippen LogP contribution in [0, 0.1) is 0 Å². The Balaban J connectivity index is 1.65. The van der Waals surface area contributed by atoms with Crippen molar-refractivity contribution >= 4 is 34.9 Å². The van der Waals surface area contributed by atoms with Gasteiger partial charge in [-0.05, 0) is 24.3 Å². The van der Waals surface area contributed by atoms with Gasteiger partial charge in [0.25, 0.3) is 5.91 Å². The molecule has 128 valence electrons. The zero-order valence-corrected chi connectivity index (χ0v) is 14.9. The molecule has 0 aliphatic heterocycles. The number of ether oxygens (including phenoxy) is 1. The molecule has 0 saturated heterocycles. The summed E-state index contributed by atoms with van der Waals surface area (Å²) in [5.74, 6) is 0.731. The summed E-state index contributed by atoms with van der Waals surface area (Å²) in [6.45, 7) is -0.148. The number of carbonyl (C=O) groups is 1. The molecule has 2 aromatic carbocycles. The minimum atomic E-state index is -0.300. The van der Waals surface area contributed by atoms with Crippen molar-refractivity contribution in [2.75, 3.05) is 11.9 Å². The van der Waals surface area contributed by atoms with E-state index in [0.717, 1.165) is 11.3 Å². The van der Waals surface area contributed by atoms with Crippen molar-refractivity contribution in [2.24, 2.45) is 7.05 Å². The lowest BCUT2D eigenvalue weighted by Gasteiger charge is -2.08. The Bertz CT molecular complexity index is 892. The molecule has 1 amide bonds. The van der Waals surface area contributed by atoms with Crippen LogP contribution < -0.4 is 10.1 Å². The minimum Gasteiger partial charge on any atom is -0.482 e. The average Bonchev–Trinajstić information content (AvgIpc) is 2.95. The summed E-state index contributed by atoms with van der Waals surface area (Å²) in [5.41, 5.74) is 1.65. The van der Waals surface area contributed by atoms with Gasteiger partial charge in [-0.1, -0.05) is 47.5 Å². The van der Waals surface area contributed by atoms with Crippen molar-refractivity contribution in [3.05, 3.63) is 64.6 Å². The van der Waals surface area contributed by atoms with Gasteiger partial charge in [-0.2, -0.15) is 5.10 Å². The molecule has 5 nitrogen and oxygen atoms in total. The number of nitrogens with zero attached hydrogens (tertiary/aromatic N) is 2. The fourth-order valence-corrected chi connectivity index (χ4v) is 2.55. The van der Waals surface area contributed by atoms with Gasteiger partial charge < -0.3 is 10.1 Å². The van der Waals surface area contributed by atoms with Gasteiger partial charge in [-0.15, -0.1) is 0 Å². The lowest BCUT2D eigenvalue weighted by Crippen LogP contribution is -2.21. The number of carbonyl (C=O) groups excluding carboxylic acids is 1. The smallest absolute Gasteiger partial charge is 0.263 e. The van der Waals surface area contributed by atoms with Crippen LogP contribution in [0.15, 0.2) is 54.6 Å². The fraction of sp³-hybridized carbons (Fsp3) is 0.111. The first-order chi connectivity index (χ1) is 12.0. The van der Waals surface area contributed by atoms with Gasteiger partial charge in [0.15, 0.2) is 6.61 Å². The van der Waals surface area contributed by atoms with Gasteiger partial charge in [0, 0.05) is 23.7 Å². The summed E-state index contributed by atoms with van der Waals surface area (Å²) < 4.78 is 7.02. The number of halogens is 2. The van der Waals surface area contributed by atoms with Crippen LogP contribution in [-0.2, 0) is 11.8 Å². The Labute approximate surface area is 155 Å². The first-order valence-corrected chi connectivity index (χ1v) is 8.25. The normalized spacial score (nSPS) is 10.5. The molecule has 0 bridgehead atoms. The molecule has 0 fully saturated rings. The molecule has 1 heterocycles. The zero-order chi connectivity index (χ0) is 17.8. The molecule has 1 aromatic heterocycles. The van der Waals surface area contributed by atoms with E-state index in [1.54, 1.807) is 54.2 Å². The number of hydrogen-bond donors (Lipinski definition) is 1. The summed E-state index contributed by atoms with van der Waals surface area (Å²) >= 11 is 11.9. The third-order valence-corrected chi connectivity index (χ3v) is 4.05. The predicted octanol–water partition coefficient (Wildman–Crippen LogP) is 4.41. The Kier molecular flexibility index (Phi) is 5.26. The zero-order valence-electron chi connectivity index (χ0n) is 13.4. The van der Waals surface area contributed by atoms with E-state index in [1.165, 1.54) is 0 Å². The highest BCUT2D eigenvalue weighted by molar-refractivity contribution is 6.32. The summed E-state index contributed by atoms with van der Waals surface area (Å²) in [6.07, 6.45) is 0. The number of aryl methyl sites for hydroxylation is 1. The van der Waals surface area contributed by atoms with Crippen LogP contribution in [0.25, 0.3) is 11.3 Å². The highest BCUT2D eigenvalue weighted by Crippen LogP contribution is 2.24. The molecule has 7 heteroatoms. The van der Waals surface area contributed by atoms with E-state index in [9.17, 15) is 4.79 Å². The molecule has 0 atom stereocenters. The second-order valence-electron chi connectivity index (χ2n) is 5.31. The molecule has 3 rings (SSSR count). The van der Waals surface area contributed by atoms with Gasteiger partial charge in [-0.3, -0.25) is 9.48 Å². The average molecular weight is 376 g/mol. The molecule has 25 heavy (non-hydrogen) atoms. The van der Waals surface area contributed by atoms with E-state index in [2.05, 4.69) is 10.4 Å². The monoisotopic (exact) mass is 375 g/mol. The second kappa shape index (κ2) is 7.59. The SMILES string of the molecule is Cn1nc(-c2ccc(Cl)cc2)cc1NC(=O)COc1ccccc1Cl. The summed E-state index contributed by atoms with van der Waals surface area (Å²) in [6, 6.07) is 16.1. The standard InChI is InChI=1S/C18H15Cl2N3O2/c1-23-17(10-15(22-23)12-6-8-13(19)9-7-12)21-18(24)11-25-16-5-3-2-4-14(16)20/h2-10H,11H2,1H3,(H,21,24). The topological polar surface area (TPSA) is 56.2 Å². The Morgan fingerprint density at radius 2 is 1.88 bits per heavy atom. The maximum absolute atomic E-state index is 12.1. The molecule has 0 spiro atoms. The molecular weight excluding hydrogens is 361 g/mol. The number of rotatable bonds is 5.